The van der Waals surface area contributed by atoms with Gasteiger partial charge in [-0.15, -0.1) is 23.1 Å². The van der Waals surface area contributed by atoms with E-state index in [9.17, 15) is 9.59 Å². The van der Waals surface area contributed by atoms with Crippen LogP contribution < -0.4 is 20.5 Å². The Bertz CT molecular complexity index is 706. The van der Waals surface area contributed by atoms with Crippen LogP contribution in [0, 0.1) is 0 Å². The average molecular weight is 367 g/mol. The molecule has 0 saturated carbocycles. The van der Waals surface area contributed by atoms with Gasteiger partial charge in [0.2, 0.25) is 5.91 Å². The lowest BCUT2D eigenvalue weighted by Crippen LogP contribution is -2.20. The first-order valence-corrected chi connectivity index (χ1v) is 8.98. The molecule has 1 aromatic carbocycles. The van der Waals surface area contributed by atoms with Crippen molar-refractivity contribution in [2.24, 2.45) is 5.73 Å². The average Bonchev–Trinajstić information content (AvgIpc) is 3.00. The summed E-state index contributed by atoms with van der Waals surface area (Å²) in [6.45, 7) is -0.147. The Labute approximate surface area is 147 Å². The Balaban J connectivity index is 1.80. The molecule has 2 aromatic rings. The van der Waals surface area contributed by atoms with Gasteiger partial charge < -0.3 is 15.2 Å². The number of thioether (sulfide) groups is 1. The molecule has 0 atom stereocenters. The van der Waals surface area contributed by atoms with Crippen LogP contribution in [-0.4, -0.2) is 36.3 Å². The van der Waals surface area contributed by atoms with E-state index in [1.807, 2.05) is 11.4 Å². The maximum Gasteiger partial charge on any atom is 0.264 e. The Morgan fingerprint density at radius 1 is 1.33 bits per heavy atom. The second-order valence-electron chi connectivity index (χ2n) is 4.59. The van der Waals surface area contributed by atoms with E-state index in [1.54, 1.807) is 18.2 Å². The number of thiazole rings is 1. The first-order valence-electron chi connectivity index (χ1n) is 6.94. The number of nitrogens with zero attached hydrogens (tertiary/aromatic N) is 1. The fourth-order valence-electron chi connectivity index (χ4n) is 1.72. The Hall–Kier alpha value is -2.26. The number of carbonyl (C=O) groups is 2. The van der Waals surface area contributed by atoms with Gasteiger partial charge in [-0.1, -0.05) is 12.1 Å². The molecule has 128 valence electrons. The maximum atomic E-state index is 11.9. The number of rotatable bonds is 9. The van der Waals surface area contributed by atoms with Crippen LogP contribution in [0.25, 0.3) is 0 Å². The highest BCUT2D eigenvalue weighted by Crippen LogP contribution is 2.25. The van der Waals surface area contributed by atoms with E-state index >= 15 is 0 Å². The number of nitrogens with two attached hydrogens (primary N) is 1. The van der Waals surface area contributed by atoms with E-state index in [1.165, 1.54) is 30.2 Å². The third kappa shape index (κ3) is 5.74. The first-order chi connectivity index (χ1) is 11.6. The van der Waals surface area contributed by atoms with E-state index in [0.29, 0.717) is 22.4 Å². The van der Waals surface area contributed by atoms with E-state index in [-0.39, 0.29) is 24.2 Å². The van der Waals surface area contributed by atoms with E-state index in [0.717, 1.165) is 5.69 Å². The standard InChI is InChI=1S/C15H17N3O4S2/c1-21-11-4-2-3-5-12(11)22-6-14(20)18-15-17-10(8-24-15)7-23-9-13(16)19/h2-5,8H,6-7,9H2,1H3,(H2,16,19)(H,17,18,20). The fraction of sp³-hybridized carbons (Fsp3) is 0.267. The van der Waals surface area contributed by atoms with Crippen LogP contribution in [0.5, 0.6) is 11.5 Å². The Kier molecular flexibility index (Phi) is 6.89. The zero-order valence-corrected chi connectivity index (χ0v) is 14.6. The molecule has 0 aliphatic rings. The van der Waals surface area contributed by atoms with Crippen molar-refractivity contribution in [3.8, 4) is 11.5 Å². The first kappa shape index (κ1) is 18.1. The van der Waals surface area contributed by atoms with Crippen molar-refractivity contribution < 1.29 is 19.1 Å². The highest BCUT2D eigenvalue weighted by atomic mass is 32.2. The van der Waals surface area contributed by atoms with Crippen molar-refractivity contribution in [1.82, 2.24) is 4.98 Å². The number of benzene rings is 1. The minimum atomic E-state index is -0.364. The molecule has 0 aliphatic heterocycles. The summed E-state index contributed by atoms with van der Waals surface area (Å²) < 4.78 is 10.6. The van der Waals surface area contributed by atoms with E-state index in [4.69, 9.17) is 15.2 Å². The second kappa shape index (κ2) is 9.14. The molecule has 2 rings (SSSR count). The van der Waals surface area contributed by atoms with Crippen molar-refractivity contribution >= 4 is 40.0 Å². The summed E-state index contributed by atoms with van der Waals surface area (Å²) in [5.41, 5.74) is 5.86. The smallest absolute Gasteiger partial charge is 0.264 e. The summed E-state index contributed by atoms with van der Waals surface area (Å²) in [5, 5.41) is 4.98. The highest BCUT2D eigenvalue weighted by Gasteiger charge is 2.10. The molecule has 0 radical (unpaired) electrons. The molecule has 9 heteroatoms. The van der Waals surface area contributed by atoms with Gasteiger partial charge in [0.05, 0.1) is 18.6 Å². The van der Waals surface area contributed by atoms with Crippen molar-refractivity contribution in [3.63, 3.8) is 0 Å². The van der Waals surface area contributed by atoms with Crippen LogP contribution in [0.3, 0.4) is 0 Å². The number of methoxy groups -OCH3 is 1. The molecule has 24 heavy (non-hydrogen) atoms. The predicted octanol–water partition coefficient (Wildman–Crippen LogP) is 1.89. The van der Waals surface area contributed by atoms with Crippen molar-refractivity contribution in [1.29, 1.82) is 0 Å². The van der Waals surface area contributed by atoms with Crippen LogP contribution in [0.15, 0.2) is 29.6 Å². The number of para-hydroxylation sites is 2. The van der Waals surface area contributed by atoms with Crippen LogP contribution in [0.1, 0.15) is 5.69 Å². The highest BCUT2D eigenvalue weighted by molar-refractivity contribution is 7.99. The number of primary amides is 1. The molecule has 2 amide bonds. The van der Waals surface area contributed by atoms with Gasteiger partial charge in [-0.3, -0.25) is 14.9 Å². The molecule has 7 nitrogen and oxygen atoms in total. The minimum Gasteiger partial charge on any atom is -0.493 e. The van der Waals surface area contributed by atoms with E-state index in [2.05, 4.69) is 10.3 Å². The number of aromatic nitrogens is 1. The lowest BCUT2D eigenvalue weighted by Gasteiger charge is -2.09. The van der Waals surface area contributed by atoms with Gasteiger partial charge in [0.25, 0.3) is 5.91 Å². The zero-order chi connectivity index (χ0) is 17.4. The van der Waals surface area contributed by atoms with Crippen molar-refractivity contribution in [3.05, 3.63) is 35.3 Å². The summed E-state index contributed by atoms with van der Waals surface area (Å²) in [7, 11) is 1.54. The third-order valence-electron chi connectivity index (χ3n) is 2.72. The molecule has 1 aromatic heterocycles. The molecule has 1 heterocycles. The largest absolute Gasteiger partial charge is 0.493 e. The van der Waals surface area contributed by atoms with Crippen LogP contribution in [0.2, 0.25) is 0 Å². The fourth-order valence-corrected chi connectivity index (χ4v) is 3.22. The van der Waals surface area contributed by atoms with Gasteiger partial charge in [0.15, 0.2) is 23.2 Å². The molecule has 0 bridgehead atoms. The summed E-state index contributed by atoms with van der Waals surface area (Å²) in [6, 6.07) is 7.10. The molecule has 0 aliphatic carbocycles. The molecule has 0 spiro atoms. The zero-order valence-electron chi connectivity index (χ0n) is 13.0. The molecule has 0 unspecified atom stereocenters. The van der Waals surface area contributed by atoms with Crippen LogP contribution >= 0.6 is 23.1 Å². The number of carbonyl (C=O) groups excluding carboxylic acids is 2. The minimum absolute atomic E-state index is 0.147. The molecule has 0 saturated heterocycles. The van der Waals surface area contributed by atoms with E-state index < -0.39 is 0 Å². The summed E-state index contributed by atoms with van der Waals surface area (Å²) in [6.07, 6.45) is 0. The van der Waals surface area contributed by atoms with Crippen LogP contribution in [-0.2, 0) is 15.3 Å². The number of ether oxygens (including phenoxy) is 2. The SMILES string of the molecule is COc1ccccc1OCC(=O)Nc1nc(CSCC(N)=O)cs1. The Morgan fingerprint density at radius 3 is 2.79 bits per heavy atom. The van der Waals surface area contributed by atoms with Gasteiger partial charge in [-0.2, -0.15) is 0 Å². The number of hydrogen-bond acceptors (Lipinski definition) is 7. The molecule has 3 N–H and O–H groups in total. The van der Waals surface area contributed by atoms with Gasteiger partial charge in [0.1, 0.15) is 0 Å². The van der Waals surface area contributed by atoms with Gasteiger partial charge in [0, 0.05) is 11.1 Å². The topological polar surface area (TPSA) is 104 Å². The molecular weight excluding hydrogens is 350 g/mol. The number of amides is 2. The van der Waals surface area contributed by atoms with Crippen molar-refractivity contribution in [2.45, 2.75) is 5.75 Å². The number of nitrogens with one attached hydrogen (secondary N) is 1. The summed E-state index contributed by atoms with van der Waals surface area (Å²) in [5.74, 6) is 1.19. The lowest BCUT2D eigenvalue weighted by atomic mass is 10.3. The monoisotopic (exact) mass is 367 g/mol. The Morgan fingerprint density at radius 2 is 2.08 bits per heavy atom. The lowest BCUT2D eigenvalue weighted by molar-refractivity contribution is -0.118. The van der Waals surface area contributed by atoms with Gasteiger partial charge in [-0.05, 0) is 12.1 Å². The molecule has 0 fully saturated rings. The van der Waals surface area contributed by atoms with Gasteiger partial charge >= 0.3 is 0 Å². The normalized spacial score (nSPS) is 10.2. The summed E-state index contributed by atoms with van der Waals surface area (Å²) >= 11 is 2.69. The van der Waals surface area contributed by atoms with Crippen molar-refractivity contribution in [2.75, 3.05) is 24.8 Å². The predicted molar refractivity (Wildman–Crippen MR) is 94.6 cm³/mol. The quantitative estimate of drug-likeness (QED) is 0.701. The maximum absolute atomic E-state index is 11.9. The number of hydrogen-bond donors (Lipinski definition) is 2. The summed E-state index contributed by atoms with van der Waals surface area (Å²) in [4.78, 5) is 26.9. The molecular formula is C15H17N3O4S2. The van der Waals surface area contributed by atoms with Gasteiger partial charge in [-0.25, -0.2) is 4.98 Å². The third-order valence-corrected chi connectivity index (χ3v) is 4.52. The van der Waals surface area contributed by atoms with Crippen LogP contribution in [0.4, 0.5) is 5.13 Å². The number of anilines is 1. The second-order valence-corrected chi connectivity index (χ2v) is 6.43.